The van der Waals surface area contributed by atoms with E-state index in [0.29, 0.717) is 5.78 Å². The first-order valence-corrected chi connectivity index (χ1v) is 18.9. The van der Waals surface area contributed by atoms with Crippen LogP contribution in [0.25, 0.3) is 0 Å². The predicted molar refractivity (Wildman–Crippen MR) is 186 cm³/mol. The monoisotopic (exact) mass is 613 g/mol. The Balaban J connectivity index is 3.28. The lowest BCUT2D eigenvalue weighted by molar-refractivity contribution is -0.119. The molecular formula is C37H73O4P. The molecule has 0 saturated carbocycles. The van der Waals surface area contributed by atoms with Crippen molar-refractivity contribution in [3.8, 4) is 0 Å². The number of hydrogen-bond donors (Lipinski definition) is 2. The fraction of sp³-hybridized carbons (Fsp3) is 0.919. The first-order valence-electron chi connectivity index (χ1n) is 18.5. The summed E-state index contributed by atoms with van der Waals surface area (Å²) in [5, 5.41) is 18.6. The summed E-state index contributed by atoms with van der Waals surface area (Å²) in [5.74, 6) is 0.498. The SMILES string of the molecule is CCCCCCCCCCCCCCCC(=O)CCCCCCCCC=CCCCCCCCCC(OP)C(O)CO. The Hall–Kier alpha value is -0.280. The van der Waals surface area contributed by atoms with E-state index in [0.717, 1.165) is 44.9 Å². The van der Waals surface area contributed by atoms with Crippen molar-refractivity contribution in [3.05, 3.63) is 12.2 Å². The molecule has 3 atom stereocenters. The van der Waals surface area contributed by atoms with Gasteiger partial charge in [0.25, 0.3) is 0 Å². The van der Waals surface area contributed by atoms with Crippen molar-refractivity contribution < 1.29 is 19.5 Å². The van der Waals surface area contributed by atoms with Gasteiger partial charge >= 0.3 is 0 Å². The third-order valence-electron chi connectivity index (χ3n) is 8.70. The Morgan fingerprint density at radius 3 is 1.33 bits per heavy atom. The molecule has 0 saturated heterocycles. The number of carbonyl (C=O) groups is 1. The molecule has 0 aromatic heterocycles. The van der Waals surface area contributed by atoms with E-state index in [-0.39, 0.29) is 12.7 Å². The van der Waals surface area contributed by atoms with Gasteiger partial charge in [0.1, 0.15) is 11.9 Å². The van der Waals surface area contributed by atoms with Gasteiger partial charge in [0.05, 0.1) is 12.7 Å². The van der Waals surface area contributed by atoms with Crippen molar-refractivity contribution in [2.45, 2.75) is 212 Å². The number of Topliss-reactive ketones (excluding diaryl/α,β-unsaturated/α-hetero) is 1. The van der Waals surface area contributed by atoms with Crippen LogP contribution in [0.15, 0.2) is 12.2 Å². The summed E-state index contributed by atoms with van der Waals surface area (Å²) in [4.78, 5) is 12.1. The van der Waals surface area contributed by atoms with E-state index in [1.807, 2.05) is 0 Å². The van der Waals surface area contributed by atoms with E-state index in [9.17, 15) is 9.90 Å². The normalized spacial score (nSPS) is 13.2. The van der Waals surface area contributed by atoms with Crippen molar-refractivity contribution in [1.82, 2.24) is 0 Å². The average molecular weight is 613 g/mol. The summed E-state index contributed by atoms with van der Waals surface area (Å²) in [7, 11) is 2.20. The highest BCUT2D eigenvalue weighted by Gasteiger charge is 2.16. The molecule has 5 heteroatoms. The zero-order valence-corrected chi connectivity index (χ0v) is 29.2. The quantitative estimate of drug-likeness (QED) is 0.0424. The Labute approximate surface area is 264 Å². The maximum Gasteiger partial charge on any atom is 0.132 e. The molecule has 0 aromatic rings. The fourth-order valence-electron chi connectivity index (χ4n) is 5.78. The van der Waals surface area contributed by atoms with Crippen molar-refractivity contribution in [2.75, 3.05) is 6.61 Å². The highest BCUT2D eigenvalue weighted by Crippen LogP contribution is 2.16. The van der Waals surface area contributed by atoms with Crippen LogP contribution in [0, 0.1) is 0 Å². The van der Waals surface area contributed by atoms with Crippen LogP contribution in [-0.4, -0.2) is 34.8 Å². The summed E-state index contributed by atoms with van der Waals surface area (Å²) >= 11 is 0. The summed E-state index contributed by atoms with van der Waals surface area (Å²) in [6, 6.07) is 0. The van der Waals surface area contributed by atoms with Crippen LogP contribution in [0.2, 0.25) is 0 Å². The Morgan fingerprint density at radius 2 is 0.952 bits per heavy atom. The first kappa shape index (κ1) is 41.7. The van der Waals surface area contributed by atoms with Gasteiger partial charge in [-0.25, -0.2) is 0 Å². The molecule has 4 nitrogen and oxygen atoms in total. The Morgan fingerprint density at radius 1 is 0.595 bits per heavy atom. The van der Waals surface area contributed by atoms with Gasteiger partial charge in [0.15, 0.2) is 0 Å². The fourth-order valence-corrected chi connectivity index (χ4v) is 6.09. The van der Waals surface area contributed by atoms with Crippen LogP contribution < -0.4 is 0 Å². The third kappa shape index (κ3) is 31.2. The largest absolute Gasteiger partial charge is 0.394 e. The molecule has 2 N–H and O–H groups in total. The Bertz CT molecular complexity index is 568. The van der Waals surface area contributed by atoms with Gasteiger partial charge in [0.2, 0.25) is 0 Å². The number of aliphatic hydroxyl groups excluding tert-OH is 2. The topological polar surface area (TPSA) is 66.8 Å². The van der Waals surface area contributed by atoms with E-state index < -0.39 is 6.10 Å². The van der Waals surface area contributed by atoms with Crippen LogP contribution >= 0.6 is 9.47 Å². The van der Waals surface area contributed by atoms with Crippen molar-refractivity contribution >= 4 is 15.2 Å². The maximum atomic E-state index is 12.1. The molecule has 0 bridgehead atoms. The van der Waals surface area contributed by atoms with Crippen molar-refractivity contribution in [3.63, 3.8) is 0 Å². The summed E-state index contributed by atoms with van der Waals surface area (Å²) in [6.07, 6.45) is 41.0. The number of hydrogen-bond acceptors (Lipinski definition) is 4. The molecule has 0 aliphatic carbocycles. The molecule has 0 fully saturated rings. The van der Waals surface area contributed by atoms with E-state index in [2.05, 4.69) is 28.5 Å². The number of ketones is 1. The minimum absolute atomic E-state index is 0.241. The van der Waals surface area contributed by atoms with Crippen LogP contribution in [0.5, 0.6) is 0 Å². The molecule has 0 radical (unpaired) electrons. The van der Waals surface area contributed by atoms with E-state index in [1.54, 1.807) is 0 Å². The number of carbonyl (C=O) groups excluding carboxylic acids is 1. The van der Waals surface area contributed by atoms with Crippen LogP contribution in [0.3, 0.4) is 0 Å². The standard InChI is InChI=1S/C37H73O4P/c1-2-3-4-5-6-7-8-13-16-19-22-25-28-31-35(39)32-29-26-23-20-17-14-11-9-10-12-15-18-21-24-27-30-33-37(41-42)36(40)34-38/h9-10,36-38,40H,2-8,11-34,42H2,1H3. The van der Waals surface area contributed by atoms with E-state index in [1.165, 1.54) is 148 Å². The molecule has 250 valence electrons. The predicted octanol–water partition coefficient (Wildman–Crippen LogP) is 11.4. The van der Waals surface area contributed by atoms with Gasteiger partial charge in [-0.2, -0.15) is 0 Å². The maximum absolute atomic E-state index is 12.1. The molecule has 0 aliphatic rings. The van der Waals surface area contributed by atoms with Crippen molar-refractivity contribution in [1.29, 1.82) is 0 Å². The smallest absolute Gasteiger partial charge is 0.132 e. The van der Waals surface area contributed by atoms with Gasteiger partial charge in [-0.3, -0.25) is 4.79 Å². The Kier molecular flexibility index (Phi) is 35.0. The average Bonchev–Trinajstić information content (AvgIpc) is 3.00. The number of unbranched alkanes of at least 4 members (excludes halogenated alkanes) is 24. The second kappa shape index (κ2) is 35.2. The first-order chi connectivity index (χ1) is 20.7. The minimum Gasteiger partial charge on any atom is -0.394 e. The molecule has 3 unspecified atom stereocenters. The molecule has 0 rings (SSSR count). The van der Waals surface area contributed by atoms with Crippen LogP contribution in [0.1, 0.15) is 200 Å². The lowest BCUT2D eigenvalue weighted by atomic mass is 10.0. The number of rotatable bonds is 35. The molecule has 0 aromatic carbocycles. The van der Waals surface area contributed by atoms with E-state index in [4.69, 9.17) is 9.63 Å². The zero-order chi connectivity index (χ0) is 30.8. The van der Waals surface area contributed by atoms with E-state index >= 15 is 0 Å². The molecular weight excluding hydrogens is 539 g/mol. The molecule has 0 aliphatic heterocycles. The highest BCUT2D eigenvalue weighted by atomic mass is 31.0. The zero-order valence-electron chi connectivity index (χ0n) is 28.0. The van der Waals surface area contributed by atoms with Crippen LogP contribution in [0.4, 0.5) is 0 Å². The summed E-state index contributed by atoms with van der Waals surface area (Å²) < 4.78 is 5.16. The van der Waals surface area contributed by atoms with Gasteiger partial charge in [-0.1, -0.05) is 154 Å². The lowest BCUT2D eigenvalue weighted by Crippen LogP contribution is -2.29. The molecule has 0 spiro atoms. The summed E-state index contributed by atoms with van der Waals surface area (Å²) in [6.45, 7) is 2.04. The second-order valence-corrected chi connectivity index (χ2v) is 13.1. The van der Waals surface area contributed by atoms with Crippen molar-refractivity contribution in [2.24, 2.45) is 0 Å². The van der Waals surface area contributed by atoms with Crippen LogP contribution in [-0.2, 0) is 9.32 Å². The lowest BCUT2D eigenvalue weighted by Gasteiger charge is -2.19. The molecule has 0 amide bonds. The van der Waals surface area contributed by atoms with Gasteiger partial charge < -0.3 is 14.7 Å². The minimum atomic E-state index is -0.778. The summed E-state index contributed by atoms with van der Waals surface area (Å²) in [5.41, 5.74) is 0. The van der Waals surface area contributed by atoms with Gasteiger partial charge in [0, 0.05) is 22.3 Å². The second-order valence-electron chi connectivity index (χ2n) is 12.8. The molecule has 0 heterocycles. The number of allylic oxidation sites excluding steroid dienone is 2. The number of aliphatic hydroxyl groups is 2. The molecule has 42 heavy (non-hydrogen) atoms. The highest BCUT2D eigenvalue weighted by molar-refractivity contribution is 7.09. The third-order valence-corrected chi connectivity index (χ3v) is 9.05. The van der Waals surface area contributed by atoms with Gasteiger partial charge in [-0.15, -0.1) is 0 Å². The van der Waals surface area contributed by atoms with Gasteiger partial charge in [-0.05, 0) is 44.9 Å².